The van der Waals surface area contributed by atoms with E-state index < -0.39 is 12.1 Å². The second-order valence-corrected chi connectivity index (χ2v) is 5.68. The summed E-state index contributed by atoms with van der Waals surface area (Å²) in [4.78, 5) is 40.1. The van der Waals surface area contributed by atoms with Gasteiger partial charge in [-0.2, -0.15) is 13.2 Å². The van der Waals surface area contributed by atoms with Crippen LogP contribution < -0.4 is 0 Å². The molecule has 2 fully saturated rings. The molecule has 2 amide bonds. The number of hydrogen-bond donors (Lipinski definition) is 1. The summed E-state index contributed by atoms with van der Waals surface area (Å²) in [5, 5.41) is 7.12. The van der Waals surface area contributed by atoms with E-state index in [1.807, 2.05) is 0 Å². The van der Waals surface area contributed by atoms with Crippen LogP contribution >= 0.6 is 0 Å². The molecule has 26 heavy (non-hydrogen) atoms. The predicted molar refractivity (Wildman–Crippen MR) is 80.1 cm³/mol. The van der Waals surface area contributed by atoms with Gasteiger partial charge in [0.25, 0.3) is 5.91 Å². The Morgan fingerprint density at radius 3 is 2.54 bits per heavy atom. The number of halogens is 3. The van der Waals surface area contributed by atoms with Crippen LogP contribution in [0.3, 0.4) is 0 Å². The molecule has 2 aliphatic heterocycles. The fourth-order valence-electron chi connectivity index (χ4n) is 2.60. The number of morpholine rings is 1. The summed E-state index contributed by atoms with van der Waals surface area (Å²) in [5.41, 5.74) is 0.565. The van der Waals surface area contributed by atoms with E-state index >= 15 is 0 Å². The minimum absolute atomic E-state index is 0.0306. The molecule has 0 aliphatic carbocycles. The molecule has 3 rings (SSSR count). The third kappa shape index (κ3) is 4.48. The maximum atomic E-state index is 12.3. The van der Waals surface area contributed by atoms with Crippen LogP contribution in [0.15, 0.2) is 24.5 Å². The lowest BCUT2D eigenvalue weighted by Crippen LogP contribution is -2.51. The van der Waals surface area contributed by atoms with Crippen molar-refractivity contribution < 1.29 is 37.4 Å². The fraction of sp³-hybridized carbons (Fsp3) is 0.467. The molecule has 0 spiro atoms. The zero-order valence-electron chi connectivity index (χ0n) is 13.6. The quantitative estimate of drug-likeness (QED) is 0.763. The second-order valence-electron chi connectivity index (χ2n) is 5.68. The Morgan fingerprint density at radius 2 is 2.00 bits per heavy atom. The first kappa shape index (κ1) is 19.6. The van der Waals surface area contributed by atoms with Crippen molar-refractivity contribution in [3.05, 3.63) is 30.1 Å². The van der Waals surface area contributed by atoms with Crippen LogP contribution in [0.1, 0.15) is 10.4 Å². The summed E-state index contributed by atoms with van der Waals surface area (Å²) in [6.45, 7) is 1.14. The number of alkyl halides is 3. The smallest absolute Gasteiger partial charge is 0.475 e. The molecule has 2 aliphatic rings. The van der Waals surface area contributed by atoms with Gasteiger partial charge in [0.1, 0.15) is 6.61 Å². The average molecular weight is 375 g/mol. The molecule has 0 saturated carbocycles. The highest BCUT2D eigenvalue weighted by Gasteiger charge is 2.43. The number of pyridine rings is 1. The first-order valence-corrected chi connectivity index (χ1v) is 7.48. The molecule has 2 atom stereocenters. The van der Waals surface area contributed by atoms with Crippen molar-refractivity contribution in [3.63, 3.8) is 0 Å². The SMILES string of the molecule is CN1C(=O)COC2CN(C(=O)c3cccnc3)CC21.O=C(O)C(F)(F)F. The Bertz CT molecular complexity index is 683. The number of hydrogen-bond acceptors (Lipinski definition) is 5. The van der Waals surface area contributed by atoms with Crippen LogP contribution in [0.5, 0.6) is 0 Å². The third-order valence-electron chi connectivity index (χ3n) is 3.99. The summed E-state index contributed by atoms with van der Waals surface area (Å²) in [6, 6.07) is 3.44. The number of rotatable bonds is 1. The molecule has 8 nitrogen and oxygen atoms in total. The third-order valence-corrected chi connectivity index (χ3v) is 3.99. The van der Waals surface area contributed by atoms with Gasteiger partial charge in [0.2, 0.25) is 5.91 Å². The number of ether oxygens (including phenoxy) is 1. The van der Waals surface area contributed by atoms with Gasteiger partial charge in [0.05, 0.1) is 17.7 Å². The average Bonchev–Trinajstić information content (AvgIpc) is 3.03. The molecule has 2 saturated heterocycles. The second kappa shape index (κ2) is 7.68. The first-order valence-electron chi connectivity index (χ1n) is 7.48. The van der Waals surface area contributed by atoms with Gasteiger partial charge in [-0.3, -0.25) is 14.6 Å². The Labute approximate surface area is 146 Å². The van der Waals surface area contributed by atoms with E-state index in [0.717, 1.165) is 0 Å². The van der Waals surface area contributed by atoms with Crippen LogP contribution in [-0.2, 0) is 14.3 Å². The molecule has 3 heterocycles. The Hall–Kier alpha value is -2.69. The van der Waals surface area contributed by atoms with Crippen LogP contribution in [0.25, 0.3) is 0 Å². The minimum Gasteiger partial charge on any atom is -0.475 e. The number of likely N-dealkylation sites (N-methyl/N-ethyl adjacent to an activating group) is 1. The van der Waals surface area contributed by atoms with Crippen molar-refractivity contribution in [1.29, 1.82) is 0 Å². The predicted octanol–water partition coefficient (Wildman–Crippen LogP) is 0.396. The highest BCUT2D eigenvalue weighted by molar-refractivity contribution is 5.94. The van der Waals surface area contributed by atoms with Gasteiger partial charge in [0, 0.05) is 32.5 Å². The molecular formula is C15H16F3N3O5. The van der Waals surface area contributed by atoms with Crippen LogP contribution in [-0.4, -0.2) is 82.7 Å². The highest BCUT2D eigenvalue weighted by atomic mass is 19.4. The lowest BCUT2D eigenvalue weighted by atomic mass is 10.1. The van der Waals surface area contributed by atoms with E-state index in [-0.39, 0.29) is 30.6 Å². The molecule has 0 radical (unpaired) electrons. The van der Waals surface area contributed by atoms with Crippen molar-refractivity contribution >= 4 is 17.8 Å². The van der Waals surface area contributed by atoms with Crippen LogP contribution in [0, 0.1) is 0 Å². The number of aliphatic carboxylic acids is 1. The lowest BCUT2D eigenvalue weighted by Gasteiger charge is -2.33. The van der Waals surface area contributed by atoms with E-state index in [4.69, 9.17) is 14.6 Å². The molecule has 2 unspecified atom stereocenters. The monoisotopic (exact) mass is 375 g/mol. The van der Waals surface area contributed by atoms with E-state index in [0.29, 0.717) is 18.7 Å². The molecule has 1 N–H and O–H groups in total. The lowest BCUT2D eigenvalue weighted by molar-refractivity contribution is -0.192. The van der Waals surface area contributed by atoms with Gasteiger partial charge in [-0.1, -0.05) is 0 Å². The summed E-state index contributed by atoms with van der Waals surface area (Å²) >= 11 is 0. The maximum Gasteiger partial charge on any atom is 0.490 e. The Kier molecular flexibility index (Phi) is 5.80. The van der Waals surface area contributed by atoms with E-state index in [1.165, 1.54) is 0 Å². The van der Waals surface area contributed by atoms with Gasteiger partial charge in [-0.25, -0.2) is 4.79 Å². The highest BCUT2D eigenvalue weighted by Crippen LogP contribution is 2.23. The van der Waals surface area contributed by atoms with Gasteiger partial charge in [-0.15, -0.1) is 0 Å². The molecule has 142 valence electrons. The number of aromatic nitrogens is 1. The van der Waals surface area contributed by atoms with Crippen LogP contribution in [0.4, 0.5) is 13.2 Å². The molecule has 1 aromatic rings. The summed E-state index contributed by atoms with van der Waals surface area (Å²) in [5.74, 6) is -2.85. The molecule has 11 heteroatoms. The minimum atomic E-state index is -5.08. The number of amides is 2. The normalized spacial score (nSPS) is 22.4. The van der Waals surface area contributed by atoms with Gasteiger partial charge >= 0.3 is 12.1 Å². The fourth-order valence-corrected chi connectivity index (χ4v) is 2.60. The van der Waals surface area contributed by atoms with E-state index in [1.54, 1.807) is 41.4 Å². The summed E-state index contributed by atoms with van der Waals surface area (Å²) < 4.78 is 37.2. The topological polar surface area (TPSA) is 100 Å². The van der Waals surface area contributed by atoms with Crippen LogP contribution in [0.2, 0.25) is 0 Å². The van der Waals surface area contributed by atoms with Gasteiger partial charge in [0.15, 0.2) is 0 Å². The van der Waals surface area contributed by atoms with Crippen molar-refractivity contribution in [2.75, 3.05) is 26.7 Å². The maximum absolute atomic E-state index is 12.3. The molecule has 0 bridgehead atoms. The van der Waals surface area contributed by atoms with E-state index in [9.17, 15) is 22.8 Å². The summed E-state index contributed by atoms with van der Waals surface area (Å²) in [6.07, 6.45) is -1.97. The van der Waals surface area contributed by atoms with Crippen molar-refractivity contribution in [2.45, 2.75) is 18.3 Å². The summed E-state index contributed by atoms with van der Waals surface area (Å²) in [7, 11) is 1.76. The Morgan fingerprint density at radius 1 is 1.35 bits per heavy atom. The number of likely N-dealkylation sites (tertiary alicyclic amines) is 1. The molecule has 1 aromatic heterocycles. The van der Waals surface area contributed by atoms with Crippen molar-refractivity contribution in [2.24, 2.45) is 0 Å². The molecular weight excluding hydrogens is 359 g/mol. The van der Waals surface area contributed by atoms with Gasteiger partial charge in [-0.05, 0) is 12.1 Å². The zero-order valence-corrected chi connectivity index (χ0v) is 13.6. The standard InChI is InChI=1S/C13H15N3O3.C2HF3O2/c1-15-10-6-16(7-11(10)19-8-12(15)17)13(18)9-3-2-4-14-5-9;3-2(4,5)1(6)7/h2-5,10-11H,6-8H2,1H3;(H,6,7). The Balaban J connectivity index is 0.000000298. The number of carbonyl (C=O) groups is 3. The first-order chi connectivity index (χ1) is 12.1. The number of carboxylic acid groups (broad SMARTS) is 1. The van der Waals surface area contributed by atoms with Gasteiger partial charge < -0.3 is 19.6 Å². The van der Waals surface area contributed by atoms with Crippen molar-refractivity contribution in [1.82, 2.24) is 14.8 Å². The largest absolute Gasteiger partial charge is 0.490 e. The van der Waals surface area contributed by atoms with Crippen molar-refractivity contribution in [3.8, 4) is 0 Å². The number of nitrogens with zero attached hydrogens (tertiary/aromatic N) is 3. The zero-order chi connectivity index (χ0) is 19.5. The number of fused-ring (bicyclic) bond motifs is 1. The number of carbonyl (C=O) groups excluding carboxylic acids is 2. The number of carboxylic acids is 1. The van der Waals surface area contributed by atoms with E-state index in [2.05, 4.69) is 4.98 Å². The molecule has 0 aromatic carbocycles.